The van der Waals surface area contributed by atoms with Crippen molar-refractivity contribution in [3.63, 3.8) is 0 Å². The largest absolute Gasteiger partial charge is 0.354 e. The Morgan fingerprint density at radius 3 is 2.78 bits per heavy atom. The van der Waals surface area contributed by atoms with Gasteiger partial charge in [0.05, 0.1) is 16.4 Å². The van der Waals surface area contributed by atoms with Gasteiger partial charge in [-0.2, -0.15) is 0 Å². The molecular weight excluding hydrogens is 383 g/mol. The topological polar surface area (TPSA) is 68.0 Å². The van der Waals surface area contributed by atoms with Gasteiger partial charge in [-0.1, -0.05) is 54.7 Å². The summed E-state index contributed by atoms with van der Waals surface area (Å²) in [4.78, 5) is 9.31. The summed E-state index contributed by atoms with van der Waals surface area (Å²) in [6.45, 7) is 3.34. The van der Waals surface area contributed by atoms with Crippen LogP contribution in [0.2, 0.25) is 10.2 Å². The standard InChI is InChI=1S/C19H18Cl2N6/c1-2-3-10-22-19-26-25-16-11-23-17(12-6-4-5-7-13(12)20)18-14(27(16)19)8-9-15(21)24-18/h4-9H,2-3,10-11H2,1H3,(H,22,26). The van der Waals surface area contributed by atoms with Crippen molar-refractivity contribution < 1.29 is 0 Å². The number of anilines is 1. The number of aromatic nitrogens is 4. The number of nitrogens with zero attached hydrogens (tertiary/aromatic N) is 5. The minimum absolute atomic E-state index is 0.372. The van der Waals surface area contributed by atoms with E-state index in [2.05, 4.69) is 27.4 Å². The number of unbranched alkanes of at least 4 members (excludes halogenated alkanes) is 1. The average Bonchev–Trinajstić information content (AvgIpc) is 2.99. The molecule has 0 radical (unpaired) electrons. The second-order valence-corrected chi connectivity index (χ2v) is 7.00. The van der Waals surface area contributed by atoms with Crippen LogP contribution in [0.1, 0.15) is 36.8 Å². The summed E-state index contributed by atoms with van der Waals surface area (Å²) in [7, 11) is 0. The zero-order valence-electron chi connectivity index (χ0n) is 14.8. The fourth-order valence-corrected chi connectivity index (χ4v) is 3.41. The van der Waals surface area contributed by atoms with Crippen LogP contribution in [0.3, 0.4) is 0 Å². The Hall–Kier alpha value is -2.44. The molecule has 0 spiro atoms. The third kappa shape index (κ3) is 3.42. The van der Waals surface area contributed by atoms with E-state index in [1.807, 2.05) is 34.9 Å². The van der Waals surface area contributed by atoms with E-state index in [1.165, 1.54) is 0 Å². The molecule has 6 nitrogen and oxygen atoms in total. The molecule has 1 aromatic carbocycles. The second kappa shape index (κ2) is 7.66. The van der Waals surface area contributed by atoms with Crippen LogP contribution in [0.4, 0.5) is 5.95 Å². The number of halogens is 2. The average molecular weight is 401 g/mol. The molecule has 0 amide bonds. The van der Waals surface area contributed by atoms with Crippen molar-refractivity contribution >= 4 is 34.9 Å². The predicted molar refractivity (Wildman–Crippen MR) is 108 cm³/mol. The molecule has 0 aliphatic carbocycles. The first-order valence-electron chi connectivity index (χ1n) is 8.84. The molecule has 3 heterocycles. The zero-order valence-corrected chi connectivity index (χ0v) is 16.3. The van der Waals surface area contributed by atoms with Crippen LogP contribution in [-0.2, 0) is 6.54 Å². The van der Waals surface area contributed by atoms with Gasteiger partial charge >= 0.3 is 0 Å². The van der Waals surface area contributed by atoms with Crippen molar-refractivity contribution in [2.45, 2.75) is 26.3 Å². The summed E-state index contributed by atoms with van der Waals surface area (Å²) in [6, 6.07) is 11.3. The Kier molecular flexibility index (Phi) is 5.09. The Labute approximate surface area is 167 Å². The fraction of sp³-hybridized carbons (Fsp3) is 0.263. The van der Waals surface area contributed by atoms with Crippen LogP contribution in [-0.4, -0.2) is 32.0 Å². The molecule has 1 aliphatic rings. The minimum atomic E-state index is 0.372. The molecule has 0 atom stereocenters. The molecule has 0 fully saturated rings. The van der Waals surface area contributed by atoms with E-state index in [1.54, 1.807) is 6.07 Å². The SMILES string of the molecule is CCCCNc1nnc2n1-c1ccc(Cl)nc1C(c1ccccc1Cl)=NC2. The summed E-state index contributed by atoms with van der Waals surface area (Å²) < 4.78 is 1.96. The quantitative estimate of drug-likeness (QED) is 0.504. The number of aliphatic imine (C=N–C) groups is 1. The number of benzene rings is 1. The molecule has 0 bridgehead atoms. The number of rotatable bonds is 5. The highest BCUT2D eigenvalue weighted by Crippen LogP contribution is 2.29. The van der Waals surface area contributed by atoms with Crippen LogP contribution in [0.25, 0.3) is 5.69 Å². The number of pyridine rings is 1. The van der Waals surface area contributed by atoms with Crippen molar-refractivity contribution in [2.75, 3.05) is 11.9 Å². The Balaban J connectivity index is 1.86. The number of fused-ring (bicyclic) bond motifs is 3. The summed E-state index contributed by atoms with van der Waals surface area (Å²) >= 11 is 12.6. The van der Waals surface area contributed by atoms with E-state index in [0.717, 1.165) is 36.5 Å². The number of hydrogen-bond acceptors (Lipinski definition) is 5. The number of nitrogens with one attached hydrogen (secondary N) is 1. The fourth-order valence-electron chi connectivity index (χ4n) is 3.04. The van der Waals surface area contributed by atoms with E-state index in [-0.39, 0.29) is 0 Å². The highest BCUT2D eigenvalue weighted by atomic mass is 35.5. The van der Waals surface area contributed by atoms with Gasteiger partial charge in [-0.05, 0) is 24.6 Å². The van der Waals surface area contributed by atoms with Gasteiger partial charge < -0.3 is 5.32 Å². The Morgan fingerprint density at radius 2 is 1.96 bits per heavy atom. The second-order valence-electron chi connectivity index (χ2n) is 6.20. The summed E-state index contributed by atoms with van der Waals surface area (Å²) in [5, 5.41) is 13.0. The predicted octanol–water partition coefficient (Wildman–Crippen LogP) is 4.53. The molecule has 4 rings (SSSR count). The molecule has 1 aliphatic heterocycles. The highest BCUT2D eigenvalue weighted by molar-refractivity contribution is 6.35. The lowest BCUT2D eigenvalue weighted by Gasteiger charge is -2.14. The van der Waals surface area contributed by atoms with Crippen molar-refractivity contribution in [3.8, 4) is 5.69 Å². The van der Waals surface area contributed by atoms with Gasteiger partial charge in [0.15, 0.2) is 5.82 Å². The van der Waals surface area contributed by atoms with Crippen molar-refractivity contribution in [1.82, 2.24) is 19.7 Å². The zero-order chi connectivity index (χ0) is 18.8. The molecule has 8 heteroatoms. The first-order valence-corrected chi connectivity index (χ1v) is 9.59. The van der Waals surface area contributed by atoms with Crippen LogP contribution in [0.5, 0.6) is 0 Å². The molecule has 3 aromatic rings. The van der Waals surface area contributed by atoms with Gasteiger partial charge in [0.2, 0.25) is 5.95 Å². The van der Waals surface area contributed by atoms with Crippen molar-refractivity contribution in [1.29, 1.82) is 0 Å². The van der Waals surface area contributed by atoms with Crippen molar-refractivity contribution in [2.24, 2.45) is 4.99 Å². The van der Waals surface area contributed by atoms with Crippen LogP contribution < -0.4 is 5.32 Å². The van der Waals surface area contributed by atoms with Gasteiger partial charge in [0.25, 0.3) is 0 Å². The highest BCUT2D eigenvalue weighted by Gasteiger charge is 2.25. The van der Waals surface area contributed by atoms with Gasteiger partial charge in [-0.3, -0.25) is 9.56 Å². The minimum Gasteiger partial charge on any atom is -0.354 e. The normalized spacial score (nSPS) is 12.8. The molecule has 0 unspecified atom stereocenters. The lowest BCUT2D eigenvalue weighted by atomic mass is 10.1. The number of hydrogen-bond donors (Lipinski definition) is 1. The summed E-state index contributed by atoms with van der Waals surface area (Å²) in [5.41, 5.74) is 3.00. The van der Waals surface area contributed by atoms with Gasteiger partial charge in [0, 0.05) is 12.1 Å². The molecule has 1 N–H and O–H groups in total. The van der Waals surface area contributed by atoms with E-state index < -0.39 is 0 Å². The Bertz CT molecular complexity index is 1010. The molecule has 27 heavy (non-hydrogen) atoms. The third-order valence-electron chi connectivity index (χ3n) is 4.36. The third-order valence-corrected chi connectivity index (χ3v) is 4.90. The maximum absolute atomic E-state index is 6.43. The van der Waals surface area contributed by atoms with Gasteiger partial charge in [0.1, 0.15) is 17.4 Å². The summed E-state index contributed by atoms with van der Waals surface area (Å²) in [5.74, 6) is 1.42. The molecule has 0 saturated heterocycles. The lowest BCUT2D eigenvalue weighted by Crippen LogP contribution is -2.13. The van der Waals surface area contributed by atoms with Crippen molar-refractivity contribution in [3.05, 3.63) is 63.7 Å². The Morgan fingerprint density at radius 1 is 1.11 bits per heavy atom. The lowest BCUT2D eigenvalue weighted by molar-refractivity contribution is 0.818. The van der Waals surface area contributed by atoms with Crippen LogP contribution in [0.15, 0.2) is 41.4 Å². The van der Waals surface area contributed by atoms with Crippen LogP contribution >= 0.6 is 23.2 Å². The molecular formula is C19H18Cl2N6. The maximum atomic E-state index is 6.43. The van der Waals surface area contributed by atoms with E-state index >= 15 is 0 Å². The van der Waals surface area contributed by atoms with E-state index in [9.17, 15) is 0 Å². The first-order chi connectivity index (χ1) is 13.2. The molecule has 2 aromatic heterocycles. The van der Waals surface area contributed by atoms with Gasteiger partial charge in [-0.25, -0.2) is 4.98 Å². The van der Waals surface area contributed by atoms with E-state index in [4.69, 9.17) is 28.2 Å². The van der Waals surface area contributed by atoms with Gasteiger partial charge in [-0.15, -0.1) is 10.2 Å². The molecule has 138 valence electrons. The monoisotopic (exact) mass is 400 g/mol. The maximum Gasteiger partial charge on any atom is 0.229 e. The molecule has 0 saturated carbocycles. The first kappa shape index (κ1) is 17.9. The van der Waals surface area contributed by atoms with Crippen LogP contribution in [0, 0.1) is 0 Å². The van der Waals surface area contributed by atoms with E-state index in [0.29, 0.717) is 34.1 Å². The summed E-state index contributed by atoms with van der Waals surface area (Å²) in [6.07, 6.45) is 2.15. The smallest absolute Gasteiger partial charge is 0.229 e.